The number of ether oxygens (including phenoxy) is 1. The first-order chi connectivity index (χ1) is 9.22. The van der Waals surface area contributed by atoms with E-state index in [-0.39, 0.29) is 5.38 Å². The van der Waals surface area contributed by atoms with Crippen molar-refractivity contribution in [3.63, 3.8) is 0 Å². The van der Waals surface area contributed by atoms with E-state index in [1.54, 1.807) is 12.1 Å². The topological polar surface area (TPSA) is 9.23 Å². The molecule has 0 bridgehead atoms. The summed E-state index contributed by atoms with van der Waals surface area (Å²) in [4.78, 5) is 0. The fourth-order valence-corrected chi connectivity index (χ4v) is 2.30. The molecule has 0 aliphatic carbocycles. The maximum atomic E-state index is 6.52. The molecule has 2 aromatic carbocycles. The van der Waals surface area contributed by atoms with Crippen molar-refractivity contribution in [2.24, 2.45) is 0 Å². The summed E-state index contributed by atoms with van der Waals surface area (Å²) in [6.07, 6.45) is 1.70. The van der Waals surface area contributed by atoms with Gasteiger partial charge < -0.3 is 4.74 Å². The molecule has 98 valence electrons. The SMILES string of the molecule is C=CCOc1ccc(Cl)cc1C(Cl)c1ccccc1. The average molecular weight is 293 g/mol. The Hall–Kier alpha value is -1.44. The van der Waals surface area contributed by atoms with Crippen LogP contribution in [0.1, 0.15) is 16.5 Å². The molecule has 0 aliphatic heterocycles. The molecule has 0 aliphatic rings. The van der Waals surface area contributed by atoms with Gasteiger partial charge in [0.2, 0.25) is 0 Å². The van der Waals surface area contributed by atoms with Crippen LogP contribution >= 0.6 is 23.2 Å². The summed E-state index contributed by atoms with van der Waals surface area (Å²) in [5.74, 6) is 0.730. The lowest BCUT2D eigenvalue weighted by molar-refractivity contribution is 0.359. The Bertz CT molecular complexity index is 552. The van der Waals surface area contributed by atoms with Gasteiger partial charge >= 0.3 is 0 Å². The van der Waals surface area contributed by atoms with Gasteiger partial charge in [-0.15, -0.1) is 11.6 Å². The summed E-state index contributed by atoms with van der Waals surface area (Å²) in [5.41, 5.74) is 1.87. The van der Waals surface area contributed by atoms with Gasteiger partial charge in [0.1, 0.15) is 12.4 Å². The molecule has 1 unspecified atom stereocenters. The Balaban J connectivity index is 2.36. The van der Waals surface area contributed by atoms with E-state index in [4.69, 9.17) is 27.9 Å². The van der Waals surface area contributed by atoms with Crippen LogP contribution in [0.4, 0.5) is 0 Å². The van der Waals surface area contributed by atoms with Crippen LogP contribution in [0, 0.1) is 0 Å². The predicted molar refractivity (Wildman–Crippen MR) is 81.3 cm³/mol. The Labute approximate surface area is 123 Å². The van der Waals surface area contributed by atoms with E-state index in [1.165, 1.54) is 0 Å². The summed E-state index contributed by atoms with van der Waals surface area (Å²) in [6, 6.07) is 15.3. The van der Waals surface area contributed by atoms with E-state index < -0.39 is 0 Å². The summed E-state index contributed by atoms with van der Waals surface area (Å²) in [6.45, 7) is 4.08. The Morgan fingerprint density at radius 1 is 1.16 bits per heavy atom. The van der Waals surface area contributed by atoms with E-state index in [9.17, 15) is 0 Å². The van der Waals surface area contributed by atoms with E-state index >= 15 is 0 Å². The number of halogens is 2. The number of alkyl halides is 1. The second kappa shape index (κ2) is 6.65. The summed E-state index contributed by atoms with van der Waals surface area (Å²) >= 11 is 12.6. The van der Waals surface area contributed by atoms with Crippen molar-refractivity contribution in [3.8, 4) is 5.75 Å². The first kappa shape index (κ1) is 14.0. The van der Waals surface area contributed by atoms with E-state index in [1.807, 2.05) is 42.5 Å². The highest BCUT2D eigenvalue weighted by Crippen LogP contribution is 2.36. The van der Waals surface area contributed by atoms with Gasteiger partial charge in [-0.2, -0.15) is 0 Å². The van der Waals surface area contributed by atoms with Crippen LogP contribution in [0.3, 0.4) is 0 Å². The van der Waals surface area contributed by atoms with Crippen molar-refractivity contribution in [3.05, 3.63) is 77.3 Å². The zero-order valence-corrected chi connectivity index (χ0v) is 11.9. The number of hydrogen-bond donors (Lipinski definition) is 0. The minimum atomic E-state index is -0.292. The zero-order chi connectivity index (χ0) is 13.7. The summed E-state index contributed by atoms with van der Waals surface area (Å²) < 4.78 is 5.62. The van der Waals surface area contributed by atoms with Crippen LogP contribution < -0.4 is 4.74 Å². The van der Waals surface area contributed by atoms with Gasteiger partial charge in [-0.3, -0.25) is 0 Å². The molecule has 0 aromatic heterocycles. The minimum Gasteiger partial charge on any atom is -0.489 e. The van der Waals surface area contributed by atoms with Crippen molar-refractivity contribution in [2.75, 3.05) is 6.61 Å². The highest BCUT2D eigenvalue weighted by Gasteiger charge is 2.16. The van der Waals surface area contributed by atoms with Crippen LogP contribution in [-0.4, -0.2) is 6.61 Å². The third kappa shape index (κ3) is 3.52. The molecule has 0 saturated heterocycles. The molecule has 0 fully saturated rings. The molecule has 1 nitrogen and oxygen atoms in total. The molecule has 0 N–H and O–H groups in total. The average Bonchev–Trinajstić information content (AvgIpc) is 2.46. The predicted octanol–water partition coefficient (Wildman–Crippen LogP) is 5.23. The van der Waals surface area contributed by atoms with Gasteiger partial charge in [-0.25, -0.2) is 0 Å². The second-order valence-corrected chi connectivity index (χ2v) is 4.93. The third-order valence-electron chi connectivity index (χ3n) is 2.69. The zero-order valence-electron chi connectivity index (χ0n) is 10.4. The molecule has 0 radical (unpaired) electrons. The molecule has 2 aromatic rings. The third-order valence-corrected chi connectivity index (χ3v) is 3.42. The molecule has 3 heteroatoms. The fourth-order valence-electron chi connectivity index (χ4n) is 1.80. The van der Waals surface area contributed by atoms with E-state index in [0.29, 0.717) is 11.6 Å². The summed E-state index contributed by atoms with van der Waals surface area (Å²) in [5, 5.41) is 0.349. The number of hydrogen-bond acceptors (Lipinski definition) is 1. The molecule has 0 saturated carbocycles. The molecule has 19 heavy (non-hydrogen) atoms. The van der Waals surface area contributed by atoms with Gasteiger partial charge in [0.15, 0.2) is 0 Å². The van der Waals surface area contributed by atoms with Gasteiger partial charge in [-0.05, 0) is 23.8 Å². The molecular weight excluding hydrogens is 279 g/mol. The molecule has 2 rings (SSSR count). The quantitative estimate of drug-likeness (QED) is 0.541. The first-order valence-electron chi connectivity index (χ1n) is 5.94. The molecule has 1 atom stereocenters. The van der Waals surface area contributed by atoms with Crippen LogP contribution in [0.5, 0.6) is 5.75 Å². The van der Waals surface area contributed by atoms with E-state index in [2.05, 4.69) is 6.58 Å². The van der Waals surface area contributed by atoms with Crippen LogP contribution in [-0.2, 0) is 0 Å². The molecule has 0 amide bonds. The number of rotatable bonds is 5. The smallest absolute Gasteiger partial charge is 0.124 e. The van der Waals surface area contributed by atoms with E-state index in [0.717, 1.165) is 16.9 Å². The largest absolute Gasteiger partial charge is 0.489 e. The van der Waals surface area contributed by atoms with Crippen molar-refractivity contribution >= 4 is 23.2 Å². The normalized spacial score (nSPS) is 11.9. The Kier molecular flexibility index (Phi) is 4.89. The van der Waals surface area contributed by atoms with Crippen LogP contribution in [0.25, 0.3) is 0 Å². The number of benzene rings is 2. The van der Waals surface area contributed by atoms with Crippen molar-refractivity contribution in [2.45, 2.75) is 5.38 Å². The lowest BCUT2D eigenvalue weighted by Gasteiger charge is -2.15. The minimum absolute atomic E-state index is 0.292. The van der Waals surface area contributed by atoms with Crippen LogP contribution in [0.15, 0.2) is 61.2 Å². The molecule has 0 heterocycles. The second-order valence-electron chi connectivity index (χ2n) is 4.06. The lowest BCUT2D eigenvalue weighted by atomic mass is 10.0. The van der Waals surface area contributed by atoms with Crippen molar-refractivity contribution in [1.29, 1.82) is 0 Å². The highest BCUT2D eigenvalue weighted by molar-refractivity contribution is 6.31. The lowest BCUT2D eigenvalue weighted by Crippen LogP contribution is -2.00. The fraction of sp³-hybridized carbons (Fsp3) is 0.125. The maximum absolute atomic E-state index is 6.52. The Morgan fingerprint density at radius 2 is 1.89 bits per heavy atom. The Morgan fingerprint density at radius 3 is 2.58 bits per heavy atom. The monoisotopic (exact) mass is 292 g/mol. The van der Waals surface area contributed by atoms with Gasteiger partial charge in [-0.1, -0.05) is 54.6 Å². The van der Waals surface area contributed by atoms with Gasteiger partial charge in [0, 0.05) is 10.6 Å². The first-order valence-corrected chi connectivity index (χ1v) is 6.76. The standard InChI is InChI=1S/C16H14Cl2O/c1-2-10-19-15-9-8-13(17)11-14(15)16(18)12-6-4-3-5-7-12/h2-9,11,16H,1,10H2. The highest BCUT2D eigenvalue weighted by atomic mass is 35.5. The van der Waals surface area contributed by atoms with Crippen LogP contribution in [0.2, 0.25) is 5.02 Å². The van der Waals surface area contributed by atoms with Crippen molar-refractivity contribution in [1.82, 2.24) is 0 Å². The van der Waals surface area contributed by atoms with Crippen molar-refractivity contribution < 1.29 is 4.74 Å². The van der Waals surface area contributed by atoms with Gasteiger partial charge in [0.25, 0.3) is 0 Å². The molecular formula is C16H14Cl2O. The molecule has 0 spiro atoms. The van der Waals surface area contributed by atoms with Gasteiger partial charge in [0.05, 0.1) is 5.38 Å². The summed E-state index contributed by atoms with van der Waals surface area (Å²) in [7, 11) is 0. The maximum Gasteiger partial charge on any atom is 0.124 e.